The zero-order valence-corrected chi connectivity index (χ0v) is 12.9. The van der Waals surface area contributed by atoms with E-state index in [9.17, 15) is 4.79 Å². The summed E-state index contributed by atoms with van der Waals surface area (Å²) in [6, 6.07) is 7.05. The summed E-state index contributed by atoms with van der Waals surface area (Å²) in [5.74, 6) is 0.404. The van der Waals surface area contributed by atoms with E-state index >= 15 is 0 Å². The minimum atomic E-state index is -0.223. The molecule has 1 rings (SSSR count). The molecule has 0 radical (unpaired) electrons. The fourth-order valence-electron chi connectivity index (χ4n) is 1.88. The average Bonchev–Trinajstić information content (AvgIpc) is 2.44. The van der Waals surface area contributed by atoms with Gasteiger partial charge in [0.15, 0.2) is 0 Å². The van der Waals surface area contributed by atoms with Crippen LogP contribution in [0.3, 0.4) is 0 Å². The van der Waals surface area contributed by atoms with Crippen molar-refractivity contribution in [3.63, 3.8) is 0 Å². The number of nitrogens with zero attached hydrogens (tertiary/aromatic N) is 2. The Kier molecular flexibility index (Phi) is 6.02. The van der Waals surface area contributed by atoms with Crippen LogP contribution in [0.2, 0.25) is 0 Å². The molecule has 0 spiro atoms. The third-order valence-electron chi connectivity index (χ3n) is 2.97. The van der Waals surface area contributed by atoms with Gasteiger partial charge in [0.2, 0.25) is 0 Å². The highest BCUT2D eigenvalue weighted by molar-refractivity contribution is 5.94. The second-order valence-corrected chi connectivity index (χ2v) is 5.31. The molecule has 1 amide bonds. The van der Waals surface area contributed by atoms with Crippen molar-refractivity contribution in [1.29, 1.82) is 0 Å². The van der Waals surface area contributed by atoms with Crippen molar-refractivity contribution >= 4 is 11.7 Å². The van der Waals surface area contributed by atoms with Crippen LogP contribution in [-0.4, -0.2) is 41.5 Å². The lowest BCUT2D eigenvalue weighted by atomic mass is 10.1. The van der Waals surface area contributed by atoms with E-state index < -0.39 is 0 Å². The standard InChI is InChI=1S/C15H23N3O3/c1-10(2)21-13-7-5-6-12(8-13)15(19)18(4)9-11(3)14(16)17-20/h5-8,10-11,20H,9H2,1-4H3,(H2,16,17). The number of amidine groups is 1. The molecule has 0 saturated heterocycles. The van der Waals surface area contributed by atoms with Crippen LogP contribution in [0.15, 0.2) is 29.4 Å². The van der Waals surface area contributed by atoms with Crippen LogP contribution in [0.25, 0.3) is 0 Å². The molecule has 6 heteroatoms. The van der Waals surface area contributed by atoms with Gasteiger partial charge in [-0.2, -0.15) is 0 Å². The van der Waals surface area contributed by atoms with Crippen molar-refractivity contribution in [3.8, 4) is 5.75 Å². The molecule has 21 heavy (non-hydrogen) atoms. The van der Waals surface area contributed by atoms with Crippen LogP contribution < -0.4 is 10.5 Å². The minimum Gasteiger partial charge on any atom is -0.491 e. The normalized spacial score (nSPS) is 13.1. The maximum absolute atomic E-state index is 12.4. The van der Waals surface area contributed by atoms with Crippen molar-refractivity contribution in [2.75, 3.05) is 13.6 Å². The Hall–Kier alpha value is -2.24. The van der Waals surface area contributed by atoms with Crippen LogP contribution in [0.4, 0.5) is 0 Å². The average molecular weight is 293 g/mol. The van der Waals surface area contributed by atoms with Gasteiger partial charge < -0.3 is 20.6 Å². The molecule has 0 aliphatic rings. The van der Waals surface area contributed by atoms with Crippen molar-refractivity contribution in [1.82, 2.24) is 4.90 Å². The predicted octanol–water partition coefficient (Wildman–Crippen LogP) is 1.93. The summed E-state index contributed by atoms with van der Waals surface area (Å²) in [5.41, 5.74) is 6.07. The lowest BCUT2D eigenvalue weighted by Gasteiger charge is -2.21. The summed E-state index contributed by atoms with van der Waals surface area (Å²) in [7, 11) is 1.68. The van der Waals surface area contributed by atoms with E-state index in [1.165, 1.54) is 4.90 Å². The number of nitrogens with two attached hydrogens (primary N) is 1. The molecule has 0 aliphatic heterocycles. The number of hydrogen-bond acceptors (Lipinski definition) is 4. The highest BCUT2D eigenvalue weighted by Gasteiger charge is 2.17. The first-order chi connectivity index (χ1) is 9.85. The molecule has 1 atom stereocenters. The van der Waals surface area contributed by atoms with Crippen molar-refractivity contribution in [3.05, 3.63) is 29.8 Å². The fourth-order valence-corrected chi connectivity index (χ4v) is 1.88. The first-order valence-corrected chi connectivity index (χ1v) is 6.84. The third-order valence-corrected chi connectivity index (χ3v) is 2.97. The van der Waals surface area contributed by atoms with Crippen LogP contribution in [0, 0.1) is 5.92 Å². The van der Waals surface area contributed by atoms with Crippen molar-refractivity contribution in [2.24, 2.45) is 16.8 Å². The highest BCUT2D eigenvalue weighted by atomic mass is 16.5. The number of oxime groups is 1. The van der Waals surface area contributed by atoms with E-state index in [0.29, 0.717) is 17.9 Å². The molecule has 0 heterocycles. The fraction of sp³-hybridized carbons (Fsp3) is 0.467. The summed E-state index contributed by atoms with van der Waals surface area (Å²) < 4.78 is 5.58. The molecule has 0 aliphatic carbocycles. The zero-order chi connectivity index (χ0) is 16.0. The van der Waals surface area contributed by atoms with E-state index in [-0.39, 0.29) is 23.8 Å². The van der Waals surface area contributed by atoms with E-state index in [4.69, 9.17) is 15.7 Å². The Bertz CT molecular complexity index is 515. The van der Waals surface area contributed by atoms with Gasteiger partial charge in [-0.05, 0) is 32.0 Å². The van der Waals surface area contributed by atoms with Crippen LogP contribution in [0.1, 0.15) is 31.1 Å². The predicted molar refractivity (Wildman–Crippen MR) is 81.7 cm³/mol. The van der Waals surface area contributed by atoms with Gasteiger partial charge >= 0.3 is 0 Å². The minimum absolute atomic E-state index is 0.0497. The molecular weight excluding hydrogens is 270 g/mol. The molecule has 3 N–H and O–H groups in total. The van der Waals surface area contributed by atoms with E-state index in [0.717, 1.165) is 0 Å². The Labute approximate surface area is 125 Å². The highest BCUT2D eigenvalue weighted by Crippen LogP contribution is 2.16. The summed E-state index contributed by atoms with van der Waals surface area (Å²) in [5, 5.41) is 11.6. The second-order valence-electron chi connectivity index (χ2n) is 5.31. The number of rotatable bonds is 6. The van der Waals surface area contributed by atoms with Gasteiger partial charge in [-0.1, -0.05) is 18.1 Å². The van der Waals surface area contributed by atoms with Crippen molar-refractivity contribution in [2.45, 2.75) is 26.9 Å². The lowest BCUT2D eigenvalue weighted by Crippen LogP contribution is -2.36. The summed E-state index contributed by atoms with van der Waals surface area (Å²) in [6.07, 6.45) is 0.0497. The van der Waals surface area contributed by atoms with Gasteiger partial charge in [0.05, 0.1) is 6.10 Å². The monoisotopic (exact) mass is 293 g/mol. The molecule has 1 unspecified atom stereocenters. The lowest BCUT2D eigenvalue weighted by molar-refractivity contribution is 0.0785. The number of benzene rings is 1. The zero-order valence-electron chi connectivity index (χ0n) is 12.9. The number of amides is 1. The molecule has 1 aromatic carbocycles. The Balaban J connectivity index is 2.78. The van der Waals surface area contributed by atoms with Gasteiger partial charge in [-0.3, -0.25) is 4.79 Å². The first kappa shape index (κ1) is 16.8. The number of hydrogen-bond donors (Lipinski definition) is 2. The summed E-state index contributed by atoms with van der Waals surface area (Å²) >= 11 is 0. The summed E-state index contributed by atoms with van der Waals surface area (Å²) in [4.78, 5) is 13.9. The van der Waals surface area contributed by atoms with Gasteiger partial charge in [0, 0.05) is 25.1 Å². The van der Waals surface area contributed by atoms with Gasteiger partial charge in [-0.15, -0.1) is 0 Å². The number of ether oxygens (including phenoxy) is 1. The molecule has 6 nitrogen and oxygen atoms in total. The largest absolute Gasteiger partial charge is 0.491 e. The first-order valence-electron chi connectivity index (χ1n) is 6.84. The maximum Gasteiger partial charge on any atom is 0.253 e. The Morgan fingerprint density at radius 1 is 1.43 bits per heavy atom. The van der Waals surface area contributed by atoms with Gasteiger partial charge in [-0.25, -0.2) is 0 Å². The Morgan fingerprint density at radius 3 is 2.67 bits per heavy atom. The third kappa shape index (κ3) is 4.98. The van der Waals surface area contributed by atoms with Gasteiger partial charge in [0.1, 0.15) is 11.6 Å². The number of carbonyl (C=O) groups is 1. The molecule has 0 fully saturated rings. The second kappa shape index (κ2) is 7.52. The van der Waals surface area contributed by atoms with Crippen LogP contribution >= 0.6 is 0 Å². The van der Waals surface area contributed by atoms with E-state index in [2.05, 4.69) is 5.16 Å². The van der Waals surface area contributed by atoms with Crippen molar-refractivity contribution < 1.29 is 14.7 Å². The Morgan fingerprint density at radius 2 is 2.10 bits per heavy atom. The molecule has 116 valence electrons. The van der Waals surface area contributed by atoms with Gasteiger partial charge in [0.25, 0.3) is 5.91 Å². The van der Waals surface area contributed by atoms with Crippen LogP contribution in [-0.2, 0) is 0 Å². The van der Waals surface area contributed by atoms with E-state index in [1.54, 1.807) is 32.2 Å². The van der Waals surface area contributed by atoms with Crippen LogP contribution in [0.5, 0.6) is 5.75 Å². The smallest absolute Gasteiger partial charge is 0.253 e. The molecule has 0 aromatic heterocycles. The van der Waals surface area contributed by atoms with E-state index in [1.807, 2.05) is 19.9 Å². The summed E-state index contributed by atoms with van der Waals surface area (Å²) in [6.45, 7) is 6.01. The molecule has 0 saturated carbocycles. The SMILES string of the molecule is CC(C)Oc1cccc(C(=O)N(C)CC(C)C(N)=NO)c1. The molecular formula is C15H23N3O3. The molecule has 1 aromatic rings. The quantitative estimate of drug-likeness (QED) is 0.363. The molecule has 0 bridgehead atoms. The topological polar surface area (TPSA) is 88.2 Å². The number of carbonyl (C=O) groups excluding carboxylic acids is 1. The maximum atomic E-state index is 12.4.